The molecule has 2 atom stereocenters. The van der Waals surface area contributed by atoms with Gasteiger partial charge in [-0.25, -0.2) is 4.98 Å². The van der Waals surface area contributed by atoms with E-state index in [1.807, 2.05) is 30.3 Å². The third kappa shape index (κ3) is 2.72. The lowest BCUT2D eigenvalue weighted by atomic mass is 10.1. The minimum Gasteiger partial charge on any atom is -0.344 e. The molecule has 1 aromatic carbocycles. The molecule has 0 spiro atoms. The lowest BCUT2D eigenvalue weighted by Gasteiger charge is -2.25. The van der Waals surface area contributed by atoms with Crippen molar-refractivity contribution in [2.45, 2.75) is 24.3 Å². The van der Waals surface area contributed by atoms with Gasteiger partial charge < -0.3 is 9.80 Å². The van der Waals surface area contributed by atoms with Crippen molar-refractivity contribution in [2.75, 3.05) is 23.4 Å². The summed E-state index contributed by atoms with van der Waals surface area (Å²) in [5, 5.41) is -0.0354. The molecule has 8 heteroatoms. The maximum atomic E-state index is 14.4. The fourth-order valence-electron chi connectivity index (χ4n) is 3.36. The Bertz CT molecular complexity index is 833. The molecule has 2 unspecified atom stereocenters. The smallest absolute Gasteiger partial charge is 0.342 e. The van der Waals surface area contributed by atoms with Gasteiger partial charge in [0.2, 0.25) is 5.28 Å². The van der Waals surface area contributed by atoms with Gasteiger partial charge in [0.05, 0.1) is 12.7 Å². The maximum absolute atomic E-state index is 14.4. The van der Waals surface area contributed by atoms with Crippen molar-refractivity contribution < 1.29 is 13.6 Å². The monoisotopic (exact) mass is 364 g/mol. The van der Waals surface area contributed by atoms with E-state index in [1.54, 1.807) is 0 Å². The number of fused-ring (bicyclic) bond motifs is 1. The number of hydrogen-bond acceptors (Lipinski definition) is 4. The summed E-state index contributed by atoms with van der Waals surface area (Å²) in [6.45, 7) is -0.718. The molecule has 25 heavy (non-hydrogen) atoms. The molecule has 4 rings (SSSR count). The minimum absolute atomic E-state index is 0.0354. The van der Waals surface area contributed by atoms with Crippen LogP contribution < -0.4 is 9.80 Å². The molecule has 1 saturated carbocycles. The Balaban J connectivity index is 1.75. The summed E-state index contributed by atoms with van der Waals surface area (Å²) >= 11 is 5.89. The normalized spacial score (nSPS) is 24.7. The van der Waals surface area contributed by atoms with E-state index in [-0.39, 0.29) is 28.7 Å². The fourth-order valence-corrected chi connectivity index (χ4v) is 3.49. The molecule has 0 N–H and O–H groups in total. The molecule has 1 aliphatic heterocycles. The first-order valence-corrected chi connectivity index (χ1v) is 8.26. The van der Waals surface area contributed by atoms with Gasteiger partial charge >= 0.3 is 5.92 Å². The van der Waals surface area contributed by atoms with Crippen molar-refractivity contribution in [2.24, 2.45) is 0 Å². The van der Waals surface area contributed by atoms with Gasteiger partial charge in [0.25, 0.3) is 5.91 Å². The van der Waals surface area contributed by atoms with Gasteiger partial charge in [-0.1, -0.05) is 30.3 Å². The van der Waals surface area contributed by atoms with Gasteiger partial charge in [0.15, 0.2) is 5.82 Å². The maximum Gasteiger partial charge on any atom is 0.342 e. The quantitative estimate of drug-likeness (QED) is 0.768. The third-order valence-electron chi connectivity index (χ3n) is 4.73. The van der Waals surface area contributed by atoms with Crippen LogP contribution in [0.25, 0.3) is 0 Å². The first-order chi connectivity index (χ1) is 11.9. The highest BCUT2D eigenvalue weighted by Gasteiger charge is 2.53. The molecule has 130 valence electrons. The van der Waals surface area contributed by atoms with Gasteiger partial charge in [-0.3, -0.25) is 4.79 Å². The Hall–Kier alpha value is -2.28. The molecule has 1 aromatic heterocycles. The molecular formula is C17H15ClF2N4O. The topological polar surface area (TPSA) is 49.3 Å². The number of amides is 1. The first kappa shape index (κ1) is 16.2. The van der Waals surface area contributed by atoms with Crippen LogP contribution in [0.1, 0.15) is 17.9 Å². The second-order valence-corrected chi connectivity index (χ2v) is 6.70. The number of carbonyl (C=O) groups excluding carboxylic acids is 1. The Kier molecular flexibility index (Phi) is 3.64. The van der Waals surface area contributed by atoms with Crippen LogP contribution in [-0.4, -0.2) is 41.4 Å². The predicted octanol–water partition coefficient (Wildman–Crippen LogP) is 3.10. The number of hydrogen-bond donors (Lipinski definition) is 0. The van der Waals surface area contributed by atoms with E-state index in [0.717, 1.165) is 16.9 Å². The largest absolute Gasteiger partial charge is 0.344 e. The number of carbonyl (C=O) groups is 1. The van der Waals surface area contributed by atoms with E-state index in [2.05, 4.69) is 9.97 Å². The predicted molar refractivity (Wildman–Crippen MR) is 90.3 cm³/mol. The highest BCUT2D eigenvalue weighted by molar-refractivity contribution is 6.28. The molecule has 0 bridgehead atoms. The van der Waals surface area contributed by atoms with E-state index >= 15 is 0 Å². The lowest BCUT2D eigenvalue weighted by molar-refractivity contribution is -0.140. The molecule has 2 heterocycles. The van der Waals surface area contributed by atoms with Crippen LogP contribution in [0, 0.1) is 0 Å². The first-order valence-electron chi connectivity index (χ1n) is 7.88. The number of alkyl halides is 2. The highest BCUT2D eigenvalue weighted by atomic mass is 35.5. The zero-order valence-electron chi connectivity index (χ0n) is 13.4. The Morgan fingerprint density at radius 2 is 2.00 bits per heavy atom. The summed E-state index contributed by atoms with van der Waals surface area (Å²) in [6.07, 6.45) is 2.04. The van der Waals surface area contributed by atoms with Crippen molar-refractivity contribution >= 4 is 29.0 Å². The second-order valence-electron chi connectivity index (χ2n) is 6.36. The number of anilines is 2. The number of nitrogens with zero attached hydrogens (tertiary/aromatic N) is 4. The summed E-state index contributed by atoms with van der Waals surface area (Å²) < 4.78 is 28.9. The zero-order valence-corrected chi connectivity index (χ0v) is 14.1. The second kappa shape index (κ2) is 5.62. The van der Waals surface area contributed by atoms with Crippen LogP contribution in [0.5, 0.6) is 0 Å². The van der Waals surface area contributed by atoms with Crippen molar-refractivity contribution in [1.29, 1.82) is 0 Å². The molecule has 0 radical (unpaired) electrons. The molecule has 0 saturated heterocycles. The molecule has 5 nitrogen and oxygen atoms in total. The molecule has 1 aliphatic carbocycles. The number of aromatic nitrogens is 2. The van der Waals surface area contributed by atoms with E-state index < -0.39 is 18.4 Å². The van der Waals surface area contributed by atoms with Crippen molar-refractivity contribution in [3.8, 4) is 0 Å². The fraction of sp³-hybridized carbons (Fsp3) is 0.353. The van der Waals surface area contributed by atoms with Gasteiger partial charge in [-0.05, 0) is 23.6 Å². The van der Waals surface area contributed by atoms with Crippen LogP contribution in [0.3, 0.4) is 0 Å². The van der Waals surface area contributed by atoms with Crippen LogP contribution in [-0.2, 0) is 4.79 Å². The molecule has 1 amide bonds. The lowest BCUT2D eigenvalue weighted by Crippen LogP contribution is -2.46. The molecule has 1 fully saturated rings. The Labute approximate surface area is 148 Å². The van der Waals surface area contributed by atoms with E-state index in [1.165, 1.54) is 18.1 Å². The number of benzene rings is 1. The number of halogens is 3. The average molecular weight is 365 g/mol. The summed E-state index contributed by atoms with van der Waals surface area (Å²) in [6, 6.07) is 9.56. The molecule has 2 aliphatic rings. The summed E-state index contributed by atoms with van der Waals surface area (Å²) in [7, 11) is 1.30. The zero-order chi connectivity index (χ0) is 17.8. The minimum atomic E-state index is -3.51. The third-order valence-corrected chi connectivity index (χ3v) is 4.91. The van der Waals surface area contributed by atoms with E-state index in [0.29, 0.717) is 0 Å². The van der Waals surface area contributed by atoms with Crippen LogP contribution in [0.4, 0.5) is 20.3 Å². The van der Waals surface area contributed by atoms with Crippen molar-refractivity contribution in [3.05, 3.63) is 47.4 Å². The van der Waals surface area contributed by atoms with Crippen molar-refractivity contribution in [1.82, 2.24) is 9.97 Å². The van der Waals surface area contributed by atoms with Crippen molar-refractivity contribution in [3.63, 3.8) is 0 Å². The van der Waals surface area contributed by atoms with Gasteiger partial charge in [0, 0.05) is 19.0 Å². The van der Waals surface area contributed by atoms with E-state index in [9.17, 15) is 13.6 Å². The molecular weight excluding hydrogens is 350 g/mol. The SMILES string of the molecule is CN1C(=O)C(F)(F)CN(C2CC2c2ccccc2)c2nc(Cl)ncc21. The summed E-state index contributed by atoms with van der Waals surface area (Å²) in [5.41, 5.74) is 1.33. The Morgan fingerprint density at radius 1 is 1.28 bits per heavy atom. The van der Waals surface area contributed by atoms with E-state index in [4.69, 9.17) is 11.6 Å². The molecule has 2 aromatic rings. The summed E-state index contributed by atoms with van der Waals surface area (Å²) in [4.78, 5) is 22.5. The average Bonchev–Trinajstić information content (AvgIpc) is 3.39. The Morgan fingerprint density at radius 3 is 2.72 bits per heavy atom. The number of rotatable bonds is 2. The van der Waals surface area contributed by atoms with Crippen LogP contribution in [0.2, 0.25) is 5.28 Å². The van der Waals surface area contributed by atoms with Crippen LogP contribution in [0.15, 0.2) is 36.5 Å². The van der Waals surface area contributed by atoms with Gasteiger partial charge in [0.1, 0.15) is 5.69 Å². The van der Waals surface area contributed by atoms with Gasteiger partial charge in [-0.2, -0.15) is 13.8 Å². The summed E-state index contributed by atoms with van der Waals surface area (Å²) in [5.74, 6) is -4.38. The van der Waals surface area contributed by atoms with Crippen LogP contribution >= 0.6 is 11.6 Å². The highest BCUT2D eigenvalue weighted by Crippen LogP contribution is 2.49. The standard InChI is InChI=1S/C17H15ClF2N4O/c1-23-13-8-21-16(18)22-14(13)24(9-17(19,20)15(23)25)12-7-11(12)10-5-3-2-4-6-10/h2-6,8,11-12H,7,9H2,1H3. The van der Waals surface area contributed by atoms with Gasteiger partial charge in [-0.15, -0.1) is 0 Å².